The van der Waals surface area contributed by atoms with Crippen LogP contribution in [0.4, 0.5) is 0 Å². The summed E-state index contributed by atoms with van der Waals surface area (Å²) in [6, 6.07) is 92.9. The van der Waals surface area contributed by atoms with Gasteiger partial charge in [0.15, 0.2) is 0 Å². The Kier molecular flexibility index (Phi) is 8.66. The zero-order chi connectivity index (χ0) is 46.6. The first-order valence-electron chi connectivity index (χ1n) is 24.4. The van der Waals surface area contributed by atoms with Crippen molar-refractivity contribution in [2.75, 3.05) is 0 Å². The van der Waals surface area contributed by atoms with Gasteiger partial charge in [-0.05, 0) is 128 Å². The number of aromatic nitrogens is 2. The number of fused-ring (bicyclic) bond motifs is 7. The smallest absolute Gasteiger partial charge is 0.143 e. The predicted octanol–water partition coefficient (Wildman–Crippen LogP) is 18.8. The molecule has 15 rings (SSSR count). The van der Waals surface area contributed by atoms with Crippen LogP contribution in [0.2, 0.25) is 0 Å². The van der Waals surface area contributed by atoms with Gasteiger partial charge in [-0.15, -0.1) is 0 Å². The van der Waals surface area contributed by atoms with Crippen LogP contribution in [0, 0.1) is 0 Å². The Balaban J connectivity index is 1.10. The minimum atomic E-state index is 0.856. The summed E-state index contributed by atoms with van der Waals surface area (Å²) in [5.41, 5.74) is 17.6. The number of hydrogen-bond acceptors (Lipinski definition) is 1. The van der Waals surface area contributed by atoms with E-state index in [-0.39, 0.29) is 0 Å². The van der Waals surface area contributed by atoms with Crippen LogP contribution < -0.4 is 0 Å². The Morgan fingerprint density at radius 3 is 1.01 bits per heavy atom. The maximum atomic E-state index is 7.94. The molecule has 71 heavy (non-hydrogen) atoms. The van der Waals surface area contributed by atoms with Gasteiger partial charge in [-0.1, -0.05) is 182 Å². The highest BCUT2D eigenvalue weighted by Gasteiger charge is 2.24. The molecule has 0 unspecified atom stereocenters. The molecule has 0 aliphatic heterocycles. The minimum Gasteiger partial charge on any atom is -0.455 e. The van der Waals surface area contributed by atoms with Gasteiger partial charge < -0.3 is 13.6 Å². The lowest BCUT2D eigenvalue weighted by Crippen LogP contribution is -1.93. The second kappa shape index (κ2) is 15.5. The van der Waals surface area contributed by atoms with Crippen LogP contribution in [0.15, 0.2) is 259 Å². The fourth-order valence-corrected chi connectivity index (χ4v) is 11.8. The van der Waals surface area contributed by atoms with Gasteiger partial charge in [0.2, 0.25) is 0 Å². The largest absolute Gasteiger partial charge is 0.455 e. The van der Waals surface area contributed by atoms with Gasteiger partial charge in [0.05, 0.1) is 22.1 Å². The van der Waals surface area contributed by atoms with E-state index in [4.69, 9.17) is 4.42 Å². The highest BCUT2D eigenvalue weighted by atomic mass is 16.3. The first-order chi connectivity index (χ1) is 35.2. The monoisotopic (exact) mass is 902 g/mol. The SMILES string of the molecule is c1ccc(-c2cc(-c3ccc4c(c3)c3ccccc3n4-c3ccccc3)c3oc4c(-c5ccc6c(c5)c5ccccc5n6-c5ccccc5)cc(-c5ccccc5)c5cccc(c6cccc2c36)c54)cc1. The zero-order valence-corrected chi connectivity index (χ0v) is 38.6. The highest BCUT2D eigenvalue weighted by Crippen LogP contribution is 2.49. The Hall–Kier alpha value is -9.44. The van der Waals surface area contributed by atoms with Crippen LogP contribution in [0.5, 0.6) is 0 Å². The Morgan fingerprint density at radius 2 is 0.577 bits per heavy atom. The lowest BCUT2D eigenvalue weighted by Gasteiger charge is -2.15. The maximum absolute atomic E-state index is 7.94. The van der Waals surface area contributed by atoms with E-state index in [1.807, 2.05) is 0 Å². The van der Waals surface area contributed by atoms with E-state index in [1.165, 1.54) is 43.7 Å². The lowest BCUT2D eigenvalue weighted by atomic mass is 9.88. The van der Waals surface area contributed by atoms with Crippen LogP contribution in [0.3, 0.4) is 0 Å². The molecule has 0 saturated carbocycles. The Labute approximate surface area is 409 Å². The summed E-state index contributed by atoms with van der Waals surface area (Å²) in [7, 11) is 0. The van der Waals surface area contributed by atoms with Gasteiger partial charge in [-0.2, -0.15) is 0 Å². The summed E-state index contributed by atoms with van der Waals surface area (Å²) < 4.78 is 12.7. The van der Waals surface area contributed by atoms with Gasteiger partial charge in [0.25, 0.3) is 0 Å². The molecule has 12 aromatic carbocycles. The molecular weight excluding hydrogens is 861 g/mol. The normalized spacial score (nSPS) is 11.9. The van der Waals surface area contributed by atoms with E-state index in [2.05, 4.69) is 264 Å². The second-order valence-electron chi connectivity index (χ2n) is 18.7. The molecule has 0 aliphatic carbocycles. The second-order valence-corrected chi connectivity index (χ2v) is 18.7. The summed E-state index contributed by atoms with van der Waals surface area (Å²) >= 11 is 0. The van der Waals surface area contributed by atoms with Crippen molar-refractivity contribution in [3.8, 4) is 55.9 Å². The quantitative estimate of drug-likeness (QED) is 0.163. The molecule has 3 nitrogen and oxygen atoms in total. The molecule has 0 saturated heterocycles. The molecule has 0 radical (unpaired) electrons. The van der Waals surface area contributed by atoms with Crippen molar-refractivity contribution < 1.29 is 4.42 Å². The molecule has 0 fully saturated rings. The fraction of sp³-hybridized carbons (Fsp3) is 0. The van der Waals surface area contributed by atoms with Crippen LogP contribution in [-0.2, 0) is 0 Å². The first-order valence-corrected chi connectivity index (χ1v) is 24.4. The molecular formula is C68H42N2O. The van der Waals surface area contributed by atoms with E-state index in [1.54, 1.807) is 0 Å². The van der Waals surface area contributed by atoms with Crippen molar-refractivity contribution >= 4 is 87.1 Å². The topological polar surface area (TPSA) is 23.0 Å². The third-order valence-corrected chi connectivity index (χ3v) is 14.9. The summed E-state index contributed by atoms with van der Waals surface area (Å²) in [4.78, 5) is 0. The summed E-state index contributed by atoms with van der Waals surface area (Å²) in [6.45, 7) is 0. The third-order valence-electron chi connectivity index (χ3n) is 14.9. The molecule has 0 atom stereocenters. The lowest BCUT2D eigenvalue weighted by molar-refractivity contribution is 0.666. The van der Waals surface area contributed by atoms with E-state index in [0.717, 1.165) is 99.3 Å². The third kappa shape index (κ3) is 5.97. The van der Waals surface area contributed by atoms with E-state index in [0.29, 0.717) is 0 Å². The van der Waals surface area contributed by atoms with Crippen LogP contribution in [0.25, 0.3) is 143 Å². The number of rotatable bonds is 6. The van der Waals surface area contributed by atoms with Gasteiger partial charge in [-0.25, -0.2) is 0 Å². The maximum Gasteiger partial charge on any atom is 0.143 e. The van der Waals surface area contributed by atoms with Crippen molar-refractivity contribution in [3.63, 3.8) is 0 Å². The summed E-state index contributed by atoms with van der Waals surface area (Å²) in [5, 5.41) is 11.6. The average molecular weight is 903 g/mol. The van der Waals surface area contributed by atoms with Crippen LogP contribution in [-0.4, -0.2) is 9.13 Å². The molecule has 3 heterocycles. The number of hydrogen-bond donors (Lipinski definition) is 0. The summed E-state index contributed by atoms with van der Waals surface area (Å²) in [6.07, 6.45) is 0. The van der Waals surface area contributed by atoms with Gasteiger partial charge >= 0.3 is 0 Å². The molecule has 0 aliphatic rings. The van der Waals surface area contributed by atoms with Crippen molar-refractivity contribution in [1.29, 1.82) is 0 Å². The number of para-hydroxylation sites is 4. The van der Waals surface area contributed by atoms with Gasteiger partial charge in [0.1, 0.15) is 11.2 Å². The average Bonchev–Trinajstić information content (AvgIpc) is 3.90. The highest BCUT2D eigenvalue weighted by molar-refractivity contribution is 6.30. The standard InChI is InChI=1S/C68H42N2O/c1-5-19-43(20-6-1)55-41-57(45-35-37-63-59(39-45)49-27-13-15-33-61(49)69(63)47-23-9-3-10-24-47)67-65-51(29-17-31-53(55)65)52-30-18-32-54-56(44-21-7-2-8-22-44)42-58(68(71-67)66(52)54)46-36-38-64-60(40-46)50-28-14-16-34-62(50)70(64)48-25-11-4-12-26-48/h1-42H. The molecule has 330 valence electrons. The molecule has 15 aromatic rings. The van der Waals surface area contributed by atoms with Gasteiger partial charge in [0, 0.05) is 54.8 Å². The molecule has 0 spiro atoms. The first kappa shape index (κ1) is 39.5. The number of nitrogens with zero attached hydrogens (tertiary/aromatic N) is 2. The summed E-state index contributed by atoms with van der Waals surface area (Å²) in [5.74, 6) is 0. The zero-order valence-electron chi connectivity index (χ0n) is 38.6. The predicted molar refractivity (Wildman–Crippen MR) is 299 cm³/mol. The van der Waals surface area contributed by atoms with Gasteiger partial charge in [-0.3, -0.25) is 0 Å². The minimum absolute atomic E-state index is 0.856. The van der Waals surface area contributed by atoms with Crippen LogP contribution in [0.1, 0.15) is 0 Å². The van der Waals surface area contributed by atoms with Crippen molar-refractivity contribution in [2.24, 2.45) is 0 Å². The van der Waals surface area contributed by atoms with Crippen molar-refractivity contribution in [3.05, 3.63) is 255 Å². The van der Waals surface area contributed by atoms with E-state index in [9.17, 15) is 0 Å². The number of benzene rings is 12. The molecule has 0 N–H and O–H groups in total. The fourth-order valence-electron chi connectivity index (χ4n) is 11.8. The molecule has 0 amide bonds. The molecule has 3 aromatic heterocycles. The molecule has 3 heteroatoms. The Bertz CT molecular complexity index is 4310. The van der Waals surface area contributed by atoms with Crippen molar-refractivity contribution in [2.45, 2.75) is 0 Å². The van der Waals surface area contributed by atoms with E-state index < -0.39 is 0 Å². The van der Waals surface area contributed by atoms with Crippen molar-refractivity contribution in [1.82, 2.24) is 9.13 Å². The molecule has 0 bridgehead atoms. The van der Waals surface area contributed by atoms with E-state index >= 15 is 0 Å². The van der Waals surface area contributed by atoms with Crippen LogP contribution >= 0.6 is 0 Å². The Morgan fingerprint density at radius 1 is 0.225 bits per heavy atom.